The van der Waals surface area contributed by atoms with Crippen LogP contribution >= 0.6 is 0 Å². The Kier molecular flexibility index (Phi) is 4.69. The minimum absolute atomic E-state index is 0.0583. The highest BCUT2D eigenvalue weighted by molar-refractivity contribution is 5.77. The summed E-state index contributed by atoms with van der Waals surface area (Å²) in [6, 6.07) is 6.20. The third kappa shape index (κ3) is 3.59. The lowest BCUT2D eigenvalue weighted by Gasteiger charge is -2.15. The first-order valence-electron chi connectivity index (χ1n) is 8.66. The molecule has 1 aliphatic rings. The molecule has 1 aliphatic heterocycles. The number of halogens is 4. The van der Waals surface area contributed by atoms with Gasteiger partial charge in [-0.15, -0.1) is 5.10 Å². The molecule has 0 bridgehead atoms. The number of amides is 1. The van der Waals surface area contributed by atoms with Crippen molar-refractivity contribution >= 4 is 5.91 Å². The molecular formula is C19H12F4N6O. The lowest BCUT2D eigenvalue weighted by molar-refractivity contribution is -0.137. The maximum atomic E-state index is 14.2. The fourth-order valence-electron chi connectivity index (χ4n) is 3.33. The molecule has 1 aromatic carbocycles. The van der Waals surface area contributed by atoms with Gasteiger partial charge >= 0.3 is 6.18 Å². The molecule has 11 heteroatoms. The number of aromatic nitrogens is 4. The highest BCUT2D eigenvalue weighted by atomic mass is 19.4. The second-order valence-corrected chi connectivity index (χ2v) is 6.65. The highest BCUT2D eigenvalue weighted by Crippen LogP contribution is 2.39. The molecule has 1 amide bonds. The molecule has 0 spiro atoms. The number of hydrogen-bond donors (Lipinski definition) is 0. The van der Waals surface area contributed by atoms with Crippen LogP contribution in [0.25, 0.3) is 11.1 Å². The molecule has 3 heterocycles. The molecule has 7 nitrogen and oxygen atoms in total. The molecule has 2 aromatic heterocycles. The summed E-state index contributed by atoms with van der Waals surface area (Å²) in [4.78, 5) is 21.0. The van der Waals surface area contributed by atoms with Gasteiger partial charge in [-0.1, -0.05) is 12.1 Å². The van der Waals surface area contributed by atoms with Gasteiger partial charge in [0.05, 0.1) is 11.8 Å². The number of rotatable bonds is 3. The summed E-state index contributed by atoms with van der Waals surface area (Å²) in [5.41, 5.74) is -0.289. The van der Waals surface area contributed by atoms with Crippen LogP contribution in [-0.4, -0.2) is 30.6 Å². The highest BCUT2D eigenvalue weighted by Gasteiger charge is 2.36. The van der Waals surface area contributed by atoms with E-state index in [9.17, 15) is 22.4 Å². The van der Waals surface area contributed by atoms with E-state index in [0.717, 1.165) is 11.8 Å². The van der Waals surface area contributed by atoms with E-state index in [0.29, 0.717) is 11.8 Å². The molecule has 4 rings (SSSR count). The third-order valence-electron chi connectivity index (χ3n) is 4.71. The Morgan fingerprint density at radius 2 is 1.97 bits per heavy atom. The topological polar surface area (TPSA) is 87.7 Å². The molecule has 3 aromatic rings. The van der Waals surface area contributed by atoms with Gasteiger partial charge in [0.2, 0.25) is 5.91 Å². The zero-order chi connectivity index (χ0) is 21.5. The van der Waals surface area contributed by atoms with Gasteiger partial charge in [0, 0.05) is 24.8 Å². The Morgan fingerprint density at radius 1 is 1.20 bits per heavy atom. The van der Waals surface area contributed by atoms with E-state index in [2.05, 4.69) is 15.1 Å². The van der Waals surface area contributed by atoms with Gasteiger partial charge in [0.25, 0.3) is 5.82 Å². The number of hydrogen-bond acceptors (Lipinski definition) is 5. The van der Waals surface area contributed by atoms with Gasteiger partial charge in [-0.05, 0) is 22.8 Å². The van der Waals surface area contributed by atoms with Gasteiger partial charge in [0.15, 0.2) is 0 Å². The molecule has 0 N–H and O–H groups in total. The van der Waals surface area contributed by atoms with E-state index in [1.54, 1.807) is 12.1 Å². The molecule has 0 fully saturated rings. The number of alkyl halides is 3. The van der Waals surface area contributed by atoms with Crippen molar-refractivity contribution < 1.29 is 22.4 Å². The van der Waals surface area contributed by atoms with Crippen LogP contribution in [0.15, 0.2) is 36.9 Å². The van der Waals surface area contributed by atoms with Crippen molar-refractivity contribution in [2.75, 3.05) is 0 Å². The summed E-state index contributed by atoms with van der Waals surface area (Å²) in [5, 5.41) is 12.6. The molecule has 0 atom stereocenters. The predicted molar refractivity (Wildman–Crippen MR) is 93.6 cm³/mol. The average molecular weight is 416 g/mol. The molecule has 0 saturated carbocycles. The van der Waals surface area contributed by atoms with E-state index in [1.807, 2.05) is 0 Å². The van der Waals surface area contributed by atoms with Crippen molar-refractivity contribution in [3.05, 3.63) is 65.3 Å². The summed E-state index contributed by atoms with van der Waals surface area (Å²) >= 11 is 0. The zero-order valence-corrected chi connectivity index (χ0v) is 15.2. The van der Waals surface area contributed by atoms with Gasteiger partial charge in [-0.25, -0.2) is 14.1 Å². The smallest absolute Gasteiger partial charge is 0.332 e. The van der Waals surface area contributed by atoms with Crippen LogP contribution in [0, 0.1) is 17.1 Å². The van der Waals surface area contributed by atoms with Crippen molar-refractivity contribution in [1.29, 1.82) is 5.26 Å². The largest absolute Gasteiger partial charge is 0.418 e. The summed E-state index contributed by atoms with van der Waals surface area (Å²) in [5.74, 6) is -1.43. The first-order valence-corrected chi connectivity index (χ1v) is 8.66. The number of carbonyl (C=O) groups is 1. The van der Waals surface area contributed by atoms with Gasteiger partial charge in [0.1, 0.15) is 24.8 Å². The molecule has 0 unspecified atom stereocenters. The molecule has 0 saturated heterocycles. The zero-order valence-electron chi connectivity index (χ0n) is 15.2. The van der Waals surface area contributed by atoms with Crippen LogP contribution in [0.1, 0.15) is 22.5 Å². The predicted octanol–water partition coefficient (Wildman–Crippen LogP) is 2.91. The van der Waals surface area contributed by atoms with Crippen molar-refractivity contribution in [2.24, 2.45) is 0 Å². The number of benzene rings is 1. The Hall–Kier alpha value is -3.81. The summed E-state index contributed by atoms with van der Waals surface area (Å²) in [6.45, 7) is 0.293. The van der Waals surface area contributed by atoms with Crippen molar-refractivity contribution in [2.45, 2.75) is 25.8 Å². The average Bonchev–Trinajstić information content (AvgIpc) is 3.33. The van der Waals surface area contributed by atoms with E-state index in [4.69, 9.17) is 5.26 Å². The van der Waals surface area contributed by atoms with E-state index in [-0.39, 0.29) is 36.9 Å². The van der Waals surface area contributed by atoms with Crippen LogP contribution in [0.5, 0.6) is 0 Å². The SMILES string of the molecule is N#Cc1ncn(CC(=O)N2Cc3ccc(-c4c(F)cncc4C(F)(F)F)cc3C2)n1. The van der Waals surface area contributed by atoms with Gasteiger partial charge < -0.3 is 4.90 Å². The van der Waals surface area contributed by atoms with Crippen LogP contribution in [-0.2, 0) is 30.6 Å². The molecular weight excluding hydrogens is 404 g/mol. The lowest BCUT2D eigenvalue weighted by Crippen LogP contribution is -2.29. The number of fused-ring (bicyclic) bond motifs is 1. The van der Waals surface area contributed by atoms with Crippen LogP contribution in [0.4, 0.5) is 17.6 Å². The standard InChI is InChI=1S/C19H12F4N6O/c20-15-6-25-5-14(19(21,22)23)18(15)11-1-2-12-7-28(8-13(12)3-11)17(30)9-29-10-26-16(4-24)27-29/h1-3,5-6,10H,7-9H2. The van der Waals surface area contributed by atoms with E-state index in [1.165, 1.54) is 28.0 Å². The number of nitriles is 1. The quantitative estimate of drug-likeness (QED) is 0.613. The molecule has 0 radical (unpaired) electrons. The van der Waals surface area contributed by atoms with Crippen molar-refractivity contribution in [1.82, 2.24) is 24.6 Å². The summed E-state index contributed by atoms with van der Waals surface area (Å²) in [6.07, 6.45) is -2.16. The lowest BCUT2D eigenvalue weighted by atomic mass is 9.97. The number of pyridine rings is 1. The first kappa shape index (κ1) is 19.5. The van der Waals surface area contributed by atoms with Crippen molar-refractivity contribution in [3.63, 3.8) is 0 Å². The Bertz CT molecular complexity index is 1180. The number of nitrogens with zero attached hydrogens (tertiary/aromatic N) is 6. The Balaban J connectivity index is 1.58. The summed E-state index contributed by atoms with van der Waals surface area (Å²) in [7, 11) is 0. The maximum absolute atomic E-state index is 14.2. The van der Waals surface area contributed by atoms with E-state index < -0.39 is 23.1 Å². The second kappa shape index (κ2) is 7.22. The maximum Gasteiger partial charge on any atom is 0.418 e. The van der Waals surface area contributed by atoms with Gasteiger partial charge in [-0.2, -0.15) is 18.4 Å². The van der Waals surface area contributed by atoms with E-state index >= 15 is 0 Å². The van der Waals surface area contributed by atoms with Crippen LogP contribution in [0.3, 0.4) is 0 Å². The normalized spacial score (nSPS) is 13.2. The molecule has 152 valence electrons. The fraction of sp³-hybridized carbons (Fsp3) is 0.211. The fourth-order valence-corrected chi connectivity index (χ4v) is 3.33. The monoisotopic (exact) mass is 416 g/mol. The van der Waals surface area contributed by atoms with Crippen LogP contribution < -0.4 is 0 Å². The Labute approximate surface area is 167 Å². The minimum Gasteiger partial charge on any atom is -0.332 e. The molecule has 0 aliphatic carbocycles. The number of carbonyl (C=O) groups excluding carboxylic acids is 1. The van der Waals surface area contributed by atoms with Crippen LogP contribution in [0.2, 0.25) is 0 Å². The minimum atomic E-state index is -4.76. The first-order chi connectivity index (χ1) is 14.3. The molecule has 30 heavy (non-hydrogen) atoms. The Morgan fingerprint density at radius 3 is 2.67 bits per heavy atom. The second-order valence-electron chi connectivity index (χ2n) is 6.65. The third-order valence-corrected chi connectivity index (χ3v) is 4.71. The van der Waals surface area contributed by atoms with Crippen molar-refractivity contribution in [3.8, 4) is 17.2 Å². The summed E-state index contributed by atoms with van der Waals surface area (Å²) < 4.78 is 55.4. The van der Waals surface area contributed by atoms with Gasteiger partial charge in [-0.3, -0.25) is 9.78 Å².